The van der Waals surface area contributed by atoms with Gasteiger partial charge in [-0.3, -0.25) is 9.71 Å². The zero-order valence-electron chi connectivity index (χ0n) is 9.59. The van der Waals surface area contributed by atoms with Crippen LogP contribution in [0.2, 0.25) is 0 Å². The van der Waals surface area contributed by atoms with E-state index in [9.17, 15) is 8.42 Å². The number of pyridine rings is 1. The second kappa shape index (κ2) is 5.23. The summed E-state index contributed by atoms with van der Waals surface area (Å²) >= 11 is 2.06. The molecule has 0 unspecified atom stereocenters. The zero-order chi connectivity index (χ0) is 13.2. The van der Waals surface area contributed by atoms with Crippen molar-refractivity contribution < 1.29 is 8.42 Å². The Kier molecular flexibility index (Phi) is 3.86. The molecule has 0 spiro atoms. The summed E-state index contributed by atoms with van der Waals surface area (Å²) < 4.78 is 27.6. The van der Waals surface area contributed by atoms with E-state index in [0.717, 1.165) is 9.13 Å². The molecular weight excluding hydrogens is 363 g/mol. The van der Waals surface area contributed by atoms with Crippen molar-refractivity contribution in [1.29, 1.82) is 0 Å². The van der Waals surface area contributed by atoms with Gasteiger partial charge in [0.1, 0.15) is 0 Å². The first-order chi connectivity index (χ1) is 8.49. The SMILES string of the molecule is Cc1ccc(S(=O)(=O)Nc2cnccc2I)cc1. The first kappa shape index (κ1) is 13.3. The first-order valence-corrected chi connectivity index (χ1v) is 7.74. The monoisotopic (exact) mass is 374 g/mol. The van der Waals surface area contributed by atoms with Gasteiger partial charge in [-0.1, -0.05) is 17.7 Å². The van der Waals surface area contributed by atoms with Gasteiger partial charge >= 0.3 is 0 Å². The molecule has 1 heterocycles. The van der Waals surface area contributed by atoms with Crippen LogP contribution in [0.15, 0.2) is 47.6 Å². The smallest absolute Gasteiger partial charge is 0.261 e. The normalized spacial score (nSPS) is 11.2. The first-order valence-electron chi connectivity index (χ1n) is 5.18. The molecule has 0 fully saturated rings. The number of rotatable bonds is 3. The molecule has 2 aromatic rings. The van der Waals surface area contributed by atoms with Crippen LogP contribution in [0.3, 0.4) is 0 Å². The second-order valence-electron chi connectivity index (χ2n) is 3.77. The van der Waals surface area contributed by atoms with Gasteiger partial charge in [-0.25, -0.2) is 8.42 Å². The maximum absolute atomic E-state index is 12.1. The van der Waals surface area contributed by atoms with Crippen molar-refractivity contribution >= 4 is 38.3 Å². The Hall–Kier alpha value is -1.15. The number of sulfonamides is 1. The lowest BCUT2D eigenvalue weighted by molar-refractivity contribution is 0.601. The van der Waals surface area contributed by atoms with E-state index in [1.807, 2.05) is 6.92 Å². The molecule has 1 aromatic heterocycles. The highest BCUT2D eigenvalue weighted by Crippen LogP contribution is 2.20. The van der Waals surface area contributed by atoms with Crippen LogP contribution in [0, 0.1) is 10.5 Å². The Morgan fingerprint density at radius 1 is 1.17 bits per heavy atom. The molecule has 94 valence electrons. The maximum Gasteiger partial charge on any atom is 0.261 e. The number of nitrogens with zero attached hydrogens (tertiary/aromatic N) is 1. The Morgan fingerprint density at radius 3 is 2.44 bits per heavy atom. The van der Waals surface area contributed by atoms with Crippen LogP contribution < -0.4 is 4.72 Å². The summed E-state index contributed by atoms with van der Waals surface area (Å²) in [7, 11) is -3.55. The predicted octanol–water partition coefficient (Wildman–Crippen LogP) is 2.80. The van der Waals surface area contributed by atoms with Crippen LogP contribution in [0.4, 0.5) is 5.69 Å². The van der Waals surface area contributed by atoms with Crippen molar-refractivity contribution in [2.45, 2.75) is 11.8 Å². The van der Waals surface area contributed by atoms with Crippen molar-refractivity contribution in [2.24, 2.45) is 0 Å². The quantitative estimate of drug-likeness (QED) is 0.841. The molecule has 2 rings (SSSR count). The average Bonchev–Trinajstić information content (AvgIpc) is 2.32. The number of aryl methyl sites for hydroxylation is 1. The van der Waals surface area contributed by atoms with Crippen LogP contribution in [0.25, 0.3) is 0 Å². The summed E-state index contributed by atoms with van der Waals surface area (Å²) in [4.78, 5) is 4.15. The van der Waals surface area contributed by atoms with Gasteiger partial charge < -0.3 is 0 Å². The molecule has 0 amide bonds. The van der Waals surface area contributed by atoms with Gasteiger partial charge in [-0.15, -0.1) is 0 Å². The summed E-state index contributed by atoms with van der Waals surface area (Å²) in [6, 6.07) is 8.45. The largest absolute Gasteiger partial charge is 0.277 e. The van der Waals surface area contributed by atoms with Crippen LogP contribution in [0.1, 0.15) is 5.56 Å². The third-order valence-corrected chi connectivity index (χ3v) is 4.67. The number of benzene rings is 1. The Morgan fingerprint density at radius 2 is 1.83 bits per heavy atom. The van der Waals surface area contributed by atoms with Gasteiger partial charge in [0.05, 0.1) is 16.8 Å². The molecule has 0 radical (unpaired) electrons. The van der Waals surface area contributed by atoms with Crippen molar-refractivity contribution in [3.8, 4) is 0 Å². The van der Waals surface area contributed by atoms with E-state index in [1.165, 1.54) is 6.20 Å². The summed E-state index contributed by atoms with van der Waals surface area (Å²) in [6.07, 6.45) is 3.11. The Labute approximate surface area is 120 Å². The highest BCUT2D eigenvalue weighted by Gasteiger charge is 2.15. The summed E-state index contributed by atoms with van der Waals surface area (Å²) in [6.45, 7) is 1.91. The molecule has 0 atom stereocenters. The van der Waals surface area contributed by atoms with Crippen LogP contribution in [-0.2, 0) is 10.0 Å². The number of hydrogen-bond acceptors (Lipinski definition) is 3. The molecule has 1 aromatic carbocycles. The van der Waals surface area contributed by atoms with Gasteiger partial charge in [0.2, 0.25) is 0 Å². The average molecular weight is 374 g/mol. The molecule has 4 nitrogen and oxygen atoms in total. The van der Waals surface area contributed by atoms with E-state index in [0.29, 0.717) is 5.69 Å². The minimum atomic E-state index is -3.55. The van der Waals surface area contributed by atoms with Crippen molar-refractivity contribution in [1.82, 2.24) is 4.98 Å². The van der Waals surface area contributed by atoms with E-state index < -0.39 is 10.0 Å². The maximum atomic E-state index is 12.1. The van der Waals surface area contributed by atoms with Crippen LogP contribution in [-0.4, -0.2) is 13.4 Å². The molecule has 0 aliphatic rings. The number of aromatic nitrogens is 1. The summed E-state index contributed by atoms with van der Waals surface area (Å²) in [5.41, 5.74) is 1.50. The van der Waals surface area contributed by atoms with E-state index >= 15 is 0 Å². The molecule has 0 saturated carbocycles. The number of hydrogen-bond donors (Lipinski definition) is 1. The molecule has 0 bridgehead atoms. The number of halogens is 1. The third kappa shape index (κ3) is 2.99. The van der Waals surface area contributed by atoms with E-state index in [-0.39, 0.29) is 4.90 Å². The lowest BCUT2D eigenvalue weighted by atomic mass is 10.2. The van der Waals surface area contributed by atoms with Crippen molar-refractivity contribution in [3.63, 3.8) is 0 Å². The van der Waals surface area contributed by atoms with Gasteiger partial charge in [0.15, 0.2) is 0 Å². The number of nitrogens with one attached hydrogen (secondary N) is 1. The van der Waals surface area contributed by atoms with Gasteiger partial charge in [-0.05, 0) is 47.7 Å². The Bertz CT molecular complexity index is 654. The fraction of sp³-hybridized carbons (Fsp3) is 0.0833. The van der Waals surface area contributed by atoms with Crippen molar-refractivity contribution in [3.05, 3.63) is 51.9 Å². The molecule has 0 saturated heterocycles. The molecule has 1 N–H and O–H groups in total. The lowest BCUT2D eigenvalue weighted by Gasteiger charge is -2.09. The number of anilines is 1. The van der Waals surface area contributed by atoms with Crippen molar-refractivity contribution in [2.75, 3.05) is 4.72 Å². The fourth-order valence-electron chi connectivity index (χ4n) is 1.37. The second-order valence-corrected chi connectivity index (χ2v) is 6.62. The van der Waals surface area contributed by atoms with E-state index in [1.54, 1.807) is 36.5 Å². The topological polar surface area (TPSA) is 59.1 Å². The fourth-order valence-corrected chi connectivity index (χ4v) is 3.06. The standard InChI is InChI=1S/C12H11IN2O2S/c1-9-2-4-10(5-3-9)18(16,17)15-12-8-14-7-6-11(12)13/h2-8,15H,1H3. The van der Waals surface area contributed by atoms with E-state index in [2.05, 4.69) is 32.3 Å². The minimum Gasteiger partial charge on any atom is -0.277 e. The van der Waals surface area contributed by atoms with E-state index in [4.69, 9.17) is 0 Å². The lowest BCUT2D eigenvalue weighted by Crippen LogP contribution is -2.13. The van der Waals surface area contributed by atoms with Crippen LogP contribution in [0.5, 0.6) is 0 Å². The summed E-state index contributed by atoms with van der Waals surface area (Å²) in [5.74, 6) is 0. The van der Waals surface area contributed by atoms with Gasteiger partial charge in [-0.2, -0.15) is 0 Å². The predicted molar refractivity (Wildman–Crippen MR) is 78.9 cm³/mol. The molecule has 0 aliphatic carbocycles. The highest BCUT2D eigenvalue weighted by molar-refractivity contribution is 14.1. The Balaban J connectivity index is 2.33. The highest BCUT2D eigenvalue weighted by atomic mass is 127. The zero-order valence-corrected chi connectivity index (χ0v) is 12.6. The van der Waals surface area contributed by atoms with Crippen LogP contribution >= 0.6 is 22.6 Å². The molecule has 0 aliphatic heterocycles. The third-order valence-electron chi connectivity index (χ3n) is 2.34. The molecular formula is C12H11IN2O2S. The van der Waals surface area contributed by atoms with Gasteiger partial charge in [0, 0.05) is 9.77 Å². The molecule has 6 heteroatoms. The minimum absolute atomic E-state index is 0.243. The van der Waals surface area contributed by atoms with Gasteiger partial charge in [0.25, 0.3) is 10.0 Å². The summed E-state index contributed by atoms with van der Waals surface area (Å²) in [5, 5.41) is 0. The molecule has 18 heavy (non-hydrogen) atoms.